The van der Waals surface area contributed by atoms with Crippen molar-refractivity contribution in [3.8, 4) is 11.1 Å². The van der Waals surface area contributed by atoms with Gasteiger partial charge >= 0.3 is 0 Å². The van der Waals surface area contributed by atoms with Crippen LogP contribution in [0.25, 0.3) is 32.9 Å². The summed E-state index contributed by atoms with van der Waals surface area (Å²) in [4.78, 5) is 24.3. The minimum absolute atomic E-state index is 0.115. The van der Waals surface area contributed by atoms with Crippen LogP contribution < -0.4 is 5.32 Å². The molecule has 1 N–H and O–H groups in total. The number of para-hydroxylation sites is 2. The van der Waals surface area contributed by atoms with E-state index in [2.05, 4.69) is 5.32 Å². The monoisotopic (exact) mass is 483 g/mol. The van der Waals surface area contributed by atoms with Crippen molar-refractivity contribution in [3.63, 3.8) is 0 Å². The summed E-state index contributed by atoms with van der Waals surface area (Å²) in [6, 6.07) is 22.9. The second-order valence-electron chi connectivity index (χ2n) is 8.23. The number of carbonyl (C=O) groups is 1. The van der Waals surface area contributed by atoms with E-state index in [-0.39, 0.29) is 28.6 Å². The van der Waals surface area contributed by atoms with Crippen molar-refractivity contribution in [3.05, 3.63) is 106 Å². The van der Waals surface area contributed by atoms with E-state index >= 15 is 0 Å². The highest BCUT2D eigenvalue weighted by Gasteiger charge is 2.33. The van der Waals surface area contributed by atoms with E-state index in [1.54, 1.807) is 54.6 Å². The summed E-state index contributed by atoms with van der Waals surface area (Å²) in [5.41, 5.74) is 2.18. The number of aromatic nitrogens is 1. The zero-order chi connectivity index (χ0) is 24.3. The van der Waals surface area contributed by atoms with Crippen LogP contribution in [0.2, 0.25) is 0 Å². The van der Waals surface area contributed by atoms with Gasteiger partial charge in [0.15, 0.2) is 0 Å². The molecule has 0 spiro atoms. The van der Waals surface area contributed by atoms with Crippen LogP contribution in [0.3, 0.4) is 0 Å². The Bertz CT molecular complexity index is 1810. The summed E-state index contributed by atoms with van der Waals surface area (Å²) in [5.74, 6) is -0.349. The number of benzene rings is 4. The highest BCUT2D eigenvalue weighted by atomic mass is 32.2. The van der Waals surface area contributed by atoms with Crippen molar-refractivity contribution in [2.24, 2.45) is 0 Å². The second kappa shape index (κ2) is 7.51. The molecule has 0 radical (unpaired) electrons. The summed E-state index contributed by atoms with van der Waals surface area (Å²) in [5, 5.41) is 15.9. The molecule has 1 amide bonds. The number of amides is 1. The van der Waals surface area contributed by atoms with Gasteiger partial charge < -0.3 is 5.32 Å². The molecule has 0 fully saturated rings. The first kappa shape index (κ1) is 21.1. The summed E-state index contributed by atoms with van der Waals surface area (Å²) in [7, 11) is -4.03. The Morgan fingerprint density at radius 3 is 2.31 bits per heavy atom. The van der Waals surface area contributed by atoms with Gasteiger partial charge in [-0.05, 0) is 35.9 Å². The zero-order valence-electron chi connectivity index (χ0n) is 18.1. The van der Waals surface area contributed by atoms with Crippen molar-refractivity contribution in [2.75, 3.05) is 0 Å². The molecule has 0 saturated heterocycles. The van der Waals surface area contributed by atoms with Crippen LogP contribution in [0.15, 0.2) is 89.8 Å². The van der Waals surface area contributed by atoms with Crippen LogP contribution in [0.4, 0.5) is 5.69 Å². The minimum atomic E-state index is -4.03. The molecule has 5 aromatic rings. The Morgan fingerprint density at radius 1 is 0.857 bits per heavy atom. The first-order valence-electron chi connectivity index (χ1n) is 10.8. The van der Waals surface area contributed by atoms with Gasteiger partial charge in [-0.1, -0.05) is 48.5 Å². The minimum Gasteiger partial charge on any atom is -0.348 e. The lowest BCUT2D eigenvalue weighted by molar-refractivity contribution is -0.384. The molecule has 1 aliphatic heterocycles. The summed E-state index contributed by atoms with van der Waals surface area (Å²) < 4.78 is 29.0. The molecule has 0 saturated carbocycles. The van der Waals surface area contributed by atoms with E-state index in [9.17, 15) is 23.3 Å². The summed E-state index contributed by atoms with van der Waals surface area (Å²) in [6.07, 6.45) is 0. The van der Waals surface area contributed by atoms with Gasteiger partial charge in [0.05, 0.1) is 32.0 Å². The smallest absolute Gasteiger partial charge is 0.277 e. The Morgan fingerprint density at radius 2 is 1.54 bits per heavy atom. The number of nitrogens with one attached hydrogen (secondary N) is 1. The highest BCUT2D eigenvalue weighted by Crippen LogP contribution is 2.43. The summed E-state index contributed by atoms with van der Waals surface area (Å²) in [6.45, 7) is 0.193. The standard InChI is InChI=1S/C26H17N3O5S/c30-26-25-19(17-10-4-7-13-22(17)29(31)32)14-23-24(20(25)15-27-26)18-11-5-6-12-21(18)28(23)35(33,34)16-8-2-1-3-9-16/h1-14H,15H2,(H,27,30). The van der Waals surface area contributed by atoms with E-state index in [1.807, 2.05) is 12.1 Å². The van der Waals surface area contributed by atoms with Crippen LogP contribution in [0.1, 0.15) is 15.9 Å². The number of fused-ring (bicyclic) bond motifs is 5. The lowest BCUT2D eigenvalue weighted by Gasteiger charge is -2.12. The zero-order valence-corrected chi connectivity index (χ0v) is 19.0. The predicted octanol–water partition coefficient (Wildman–Crippen LogP) is 4.85. The molecule has 0 bridgehead atoms. The molecule has 172 valence electrons. The van der Waals surface area contributed by atoms with E-state index in [0.717, 1.165) is 0 Å². The van der Waals surface area contributed by atoms with Gasteiger partial charge in [0.2, 0.25) is 0 Å². The molecule has 1 aromatic heterocycles. The van der Waals surface area contributed by atoms with Gasteiger partial charge in [0, 0.05) is 28.9 Å². The number of hydrogen-bond donors (Lipinski definition) is 1. The fourth-order valence-corrected chi connectivity index (χ4v) is 6.43. The molecule has 9 heteroatoms. The maximum absolute atomic E-state index is 13.9. The van der Waals surface area contributed by atoms with Crippen molar-refractivity contribution in [2.45, 2.75) is 11.4 Å². The fraction of sp³-hybridized carbons (Fsp3) is 0.0385. The normalized spacial score (nSPS) is 13.2. The average Bonchev–Trinajstić information content (AvgIpc) is 3.42. The predicted molar refractivity (Wildman–Crippen MR) is 132 cm³/mol. The van der Waals surface area contributed by atoms with Crippen LogP contribution in [-0.4, -0.2) is 23.2 Å². The molecule has 0 unspecified atom stereocenters. The number of nitro groups is 1. The van der Waals surface area contributed by atoms with Crippen molar-refractivity contribution < 1.29 is 18.1 Å². The molecule has 6 rings (SSSR count). The van der Waals surface area contributed by atoms with Gasteiger partial charge in [-0.15, -0.1) is 0 Å². The third-order valence-corrected chi connectivity index (χ3v) is 8.09. The number of hydrogen-bond acceptors (Lipinski definition) is 5. The van der Waals surface area contributed by atoms with Crippen LogP contribution in [-0.2, 0) is 16.6 Å². The Labute approximate surface area is 199 Å². The van der Waals surface area contributed by atoms with E-state index in [0.29, 0.717) is 38.5 Å². The Balaban J connectivity index is 1.82. The number of nitrogens with zero attached hydrogens (tertiary/aromatic N) is 2. The fourth-order valence-electron chi connectivity index (χ4n) is 4.90. The molecular formula is C26H17N3O5S. The Kier molecular flexibility index (Phi) is 4.52. The third-order valence-electron chi connectivity index (χ3n) is 6.35. The van der Waals surface area contributed by atoms with Crippen LogP contribution in [0.5, 0.6) is 0 Å². The molecule has 8 nitrogen and oxygen atoms in total. The molecular weight excluding hydrogens is 466 g/mol. The van der Waals surface area contributed by atoms with E-state index < -0.39 is 14.9 Å². The molecule has 35 heavy (non-hydrogen) atoms. The second-order valence-corrected chi connectivity index (χ2v) is 10.0. The first-order chi connectivity index (χ1) is 16.9. The maximum Gasteiger partial charge on any atom is 0.277 e. The van der Waals surface area contributed by atoms with E-state index in [1.165, 1.54) is 22.2 Å². The summed E-state index contributed by atoms with van der Waals surface area (Å²) >= 11 is 0. The molecule has 1 aliphatic rings. The molecule has 0 aliphatic carbocycles. The maximum atomic E-state index is 13.9. The van der Waals surface area contributed by atoms with Gasteiger partial charge in [-0.2, -0.15) is 0 Å². The molecule has 4 aromatic carbocycles. The lowest BCUT2D eigenvalue weighted by atomic mass is 9.92. The first-order valence-corrected chi connectivity index (χ1v) is 12.3. The number of rotatable bonds is 4. The quantitative estimate of drug-likeness (QED) is 0.290. The third kappa shape index (κ3) is 2.98. The van der Waals surface area contributed by atoms with Crippen molar-refractivity contribution in [1.29, 1.82) is 0 Å². The highest BCUT2D eigenvalue weighted by molar-refractivity contribution is 7.90. The lowest BCUT2D eigenvalue weighted by Crippen LogP contribution is -2.14. The van der Waals surface area contributed by atoms with Gasteiger partial charge in [-0.25, -0.2) is 12.4 Å². The largest absolute Gasteiger partial charge is 0.348 e. The molecule has 0 atom stereocenters. The van der Waals surface area contributed by atoms with Gasteiger partial charge in [-0.3, -0.25) is 14.9 Å². The Hall–Kier alpha value is -4.50. The average molecular weight is 484 g/mol. The number of nitro benzene ring substituents is 1. The van der Waals surface area contributed by atoms with Gasteiger partial charge in [0.1, 0.15) is 0 Å². The van der Waals surface area contributed by atoms with Gasteiger partial charge in [0.25, 0.3) is 21.6 Å². The van der Waals surface area contributed by atoms with Crippen molar-refractivity contribution in [1.82, 2.24) is 9.29 Å². The topological polar surface area (TPSA) is 111 Å². The van der Waals surface area contributed by atoms with E-state index in [4.69, 9.17) is 0 Å². The molecule has 2 heterocycles. The van der Waals surface area contributed by atoms with Crippen LogP contribution >= 0.6 is 0 Å². The SMILES string of the molecule is O=C1NCc2c1c(-c1ccccc1[N+](=O)[O-])cc1c2c2ccccc2n1S(=O)(=O)c1ccccc1. The number of carbonyl (C=O) groups excluding carboxylic acids is 1. The van der Waals surface area contributed by atoms with Crippen molar-refractivity contribution >= 4 is 43.4 Å². The van der Waals surface area contributed by atoms with Crippen LogP contribution in [0, 0.1) is 10.1 Å².